The van der Waals surface area contributed by atoms with Crippen LogP contribution >= 0.6 is 23.2 Å². The fourth-order valence-corrected chi connectivity index (χ4v) is 3.63. The summed E-state index contributed by atoms with van der Waals surface area (Å²) in [4.78, 5) is 16.9. The summed E-state index contributed by atoms with van der Waals surface area (Å²) in [6.45, 7) is 2.70. The highest BCUT2D eigenvalue weighted by atomic mass is 35.5. The maximum atomic E-state index is 12.9. The molecule has 128 valence electrons. The molecule has 3 aromatic rings. The molecular weight excluding hydrogens is 359 g/mol. The number of H-pyrrole nitrogens is 1. The van der Waals surface area contributed by atoms with Crippen LogP contribution in [0.5, 0.6) is 0 Å². The van der Waals surface area contributed by atoms with Gasteiger partial charge >= 0.3 is 0 Å². The van der Waals surface area contributed by atoms with Crippen molar-refractivity contribution in [1.82, 2.24) is 15.1 Å². The van der Waals surface area contributed by atoms with Crippen LogP contribution in [0.25, 0.3) is 10.9 Å². The lowest BCUT2D eigenvalue weighted by Gasteiger charge is -2.36. The zero-order valence-electron chi connectivity index (χ0n) is 13.4. The number of hydrogen-bond donors (Lipinski definition) is 1. The van der Waals surface area contributed by atoms with Gasteiger partial charge in [-0.15, -0.1) is 0 Å². The molecule has 1 aliphatic rings. The predicted molar refractivity (Wildman–Crippen MR) is 101 cm³/mol. The molecule has 0 aliphatic carbocycles. The van der Waals surface area contributed by atoms with Crippen molar-refractivity contribution in [3.05, 3.63) is 58.2 Å². The van der Waals surface area contributed by atoms with E-state index in [1.54, 1.807) is 12.3 Å². The highest BCUT2D eigenvalue weighted by Crippen LogP contribution is 2.33. The van der Waals surface area contributed by atoms with Crippen LogP contribution in [0.4, 0.5) is 5.69 Å². The Kier molecular flexibility index (Phi) is 4.27. The second-order valence-corrected chi connectivity index (χ2v) is 6.77. The van der Waals surface area contributed by atoms with E-state index in [0.717, 1.165) is 16.6 Å². The molecule has 0 unspecified atom stereocenters. The Bertz CT molecular complexity index is 932. The first-order chi connectivity index (χ1) is 12.1. The molecule has 5 nitrogen and oxygen atoms in total. The van der Waals surface area contributed by atoms with E-state index >= 15 is 0 Å². The van der Waals surface area contributed by atoms with E-state index in [2.05, 4.69) is 15.1 Å². The number of carbonyl (C=O) groups is 1. The molecule has 1 aliphatic heterocycles. The summed E-state index contributed by atoms with van der Waals surface area (Å²) in [5, 5.41) is 8.89. The van der Waals surface area contributed by atoms with Gasteiger partial charge in [-0.3, -0.25) is 9.89 Å². The van der Waals surface area contributed by atoms with Crippen LogP contribution in [0.15, 0.2) is 42.6 Å². The maximum Gasteiger partial charge on any atom is 0.254 e. The van der Waals surface area contributed by atoms with Gasteiger partial charge < -0.3 is 9.80 Å². The van der Waals surface area contributed by atoms with Crippen molar-refractivity contribution in [3.8, 4) is 0 Å². The van der Waals surface area contributed by atoms with Gasteiger partial charge in [0.25, 0.3) is 5.91 Å². The molecule has 4 rings (SSSR count). The number of piperazine rings is 1. The number of benzene rings is 2. The summed E-state index contributed by atoms with van der Waals surface area (Å²) >= 11 is 12.4. The van der Waals surface area contributed by atoms with Crippen molar-refractivity contribution in [2.24, 2.45) is 0 Å². The number of fused-ring (bicyclic) bond motifs is 1. The third-order valence-electron chi connectivity index (χ3n) is 4.55. The summed E-state index contributed by atoms with van der Waals surface area (Å²) < 4.78 is 0. The van der Waals surface area contributed by atoms with E-state index in [9.17, 15) is 4.79 Å². The molecule has 2 aromatic carbocycles. The maximum absolute atomic E-state index is 12.9. The number of aromatic nitrogens is 2. The smallest absolute Gasteiger partial charge is 0.254 e. The minimum absolute atomic E-state index is 0.0313. The largest absolute Gasteiger partial charge is 0.367 e. The fraction of sp³-hybridized carbons (Fsp3) is 0.222. The molecule has 0 saturated carbocycles. The molecule has 1 fully saturated rings. The second-order valence-electron chi connectivity index (χ2n) is 5.99. The zero-order chi connectivity index (χ0) is 17.4. The van der Waals surface area contributed by atoms with Crippen LogP contribution in [0, 0.1) is 0 Å². The van der Waals surface area contributed by atoms with Crippen LogP contribution in [0.1, 0.15) is 10.4 Å². The van der Waals surface area contributed by atoms with Gasteiger partial charge in [-0.05, 0) is 24.3 Å². The number of nitrogens with zero attached hydrogens (tertiary/aromatic N) is 3. The second kappa shape index (κ2) is 6.58. The van der Waals surface area contributed by atoms with Crippen LogP contribution in [0.3, 0.4) is 0 Å². The standard InChI is InChI=1S/C18H16Cl2N4O/c19-14-4-2-6-16(17(14)20)23-7-9-24(10-8-23)18(25)12-3-1-5-15-13(12)11-21-22-15/h1-6,11H,7-10H2,(H,21,22). The van der Waals surface area contributed by atoms with E-state index in [-0.39, 0.29) is 5.91 Å². The first kappa shape index (κ1) is 16.2. The minimum Gasteiger partial charge on any atom is -0.367 e. The molecule has 0 spiro atoms. The molecule has 1 N–H and O–H groups in total. The monoisotopic (exact) mass is 374 g/mol. The van der Waals surface area contributed by atoms with Gasteiger partial charge in [-0.25, -0.2) is 0 Å². The number of amides is 1. The Labute approximate surface area is 155 Å². The molecule has 2 heterocycles. The highest BCUT2D eigenvalue weighted by Gasteiger charge is 2.25. The molecule has 1 saturated heterocycles. The molecular formula is C18H16Cl2N4O. The fourth-order valence-electron chi connectivity index (χ4n) is 3.21. The Morgan fingerprint density at radius 3 is 2.60 bits per heavy atom. The summed E-state index contributed by atoms with van der Waals surface area (Å²) in [6.07, 6.45) is 1.70. The lowest BCUT2D eigenvalue weighted by molar-refractivity contribution is 0.0749. The molecule has 0 atom stereocenters. The summed E-state index contributed by atoms with van der Waals surface area (Å²) in [5.74, 6) is 0.0313. The SMILES string of the molecule is O=C(c1cccc2[nH]ncc12)N1CCN(c2cccc(Cl)c2Cl)CC1. The third kappa shape index (κ3) is 2.94. The van der Waals surface area contributed by atoms with Crippen molar-refractivity contribution >= 4 is 45.7 Å². The first-order valence-electron chi connectivity index (χ1n) is 8.05. The summed E-state index contributed by atoms with van der Waals surface area (Å²) in [7, 11) is 0. The number of rotatable bonds is 2. The van der Waals surface area contributed by atoms with Crippen LogP contribution in [-0.4, -0.2) is 47.2 Å². The summed E-state index contributed by atoms with van der Waals surface area (Å²) in [5.41, 5.74) is 2.47. The topological polar surface area (TPSA) is 52.2 Å². The van der Waals surface area contributed by atoms with Crippen molar-refractivity contribution in [1.29, 1.82) is 0 Å². The number of nitrogens with one attached hydrogen (secondary N) is 1. The van der Waals surface area contributed by atoms with E-state index in [4.69, 9.17) is 23.2 Å². The van der Waals surface area contributed by atoms with Crippen molar-refractivity contribution in [2.75, 3.05) is 31.1 Å². The number of anilines is 1. The zero-order valence-corrected chi connectivity index (χ0v) is 14.9. The molecule has 7 heteroatoms. The van der Waals surface area contributed by atoms with E-state index < -0.39 is 0 Å². The van der Waals surface area contributed by atoms with Gasteiger partial charge in [-0.1, -0.05) is 35.3 Å². The Morgan fingerprint density at radius 1 is 1.04 bits per heavy atom. The van der Waals surface area contributed by atoms with Gasteiger partial charge in [0, 0.05) is 31.6 Å². The molecule has 25 heavy (non-hydrogen) atoms. The first-order valence-corrected chi connectivity index (χ1v) is 8.81. The number of carbonyl (C=O) groups excluding carboxylic acids is 1. The van der Waals surface area contributed by atoms with Crippen molar-refractivity contribution in [2.45, 2.75) is 0 Å². The Balaban J connectivity index is 1.51. The van der Waals surface area contributed by atoms with Crippen molar-refractivity contribution < 1.29 is 4.79 Å². The number of hydrogen-bond acceptors (Lipinski definition) is 3. The van der Waals surface area contributed by atoms with Gasteiger partial charge in [-0.2, -0.15) is 5.10 Å². The van der Waals surface area contributed by atoms with Gasteiger partial charge in [0.1, 0.15) is 0 Å². The van der Waals surface area contributed by atoms with E-state index in [0.29, 0.717) is 41.8 Å². The molecule has 1 amide bonds. The van der Waals surface area contributed by atoms with Gasteiger partial charge in [0.15, 0.2) is 0 Å². The molecule has 1 aromatic heterocycles. The van der Waals surface area contributed by atoms with Gasteiger partial charge in [0.2, 0.25) is 0 Å². The van der Waals surface area contributed by atoms with E-state index in [1.807, 2.05) is 35.2 Å². The minimum atomic E-state index is 0.0313. The Morgan fingerprint density at radius 2 is 1.80 bits per heavy atom. The van der Waals surface area contributed by atoms with Crippen LogP contribution < -0.4 is 4.90 Å². The molecule has 0 radical (unpaired) electrons. The average Bonchev–Trinajstić information content (AvgIpc) is 3.12. The predicted octanol–water partition coefficient (Wildman–Crippen LogP) is 3.83. The average molecular weight is 375 g/mol. The highest BCUT2D eigenvalue weighted by molar-refractivity contribution is 6.43. The van der Waals surface area contributed by atoms with Crippen LogP contribution in [-0.2, 0) is 0 Å². The molecule has 0 bridgehead atoms. The van der Waals surface area contributed by atoms with Gasteiger partial charge in [0.05, 0.1) is 33.0 Å². The van der Waals surface area contributed by atoms with Crippen LogP contribution in [0.2, 0.25) is 10.0 Å². The number of aromatic amines is 1. The quantitative estimate of drug-likeness (QED) is 0.741. The normalized spacial score (nSPS) is 15.0. The van der Waals surface area contributed by atoms with E-state index in [1.165, 1.54) is 0 Å². The summed E-state index contributed by atoms with van der Waals surface area (Å²) in [6, 6.07) is 11.3. The van der Waals surface area contributed by atoms with Crippen molar-refractivity contribution in [3.63, 3.8) is 0 Å². The third-order valence-corrected chi connectivity index (χ3v) is 5.36. The number of halogens is 2. The Hall–Kier alpha value is -2.24. The lowest BCUT2D eigenvalue weighted by Crippen LogP contribution is -2.48. The lowest BCUT2D eigenvalue weighted by atomic mass is 10.1.